The summed E-state index contributed by atoms with van der Waals surface area (Å²) in [6.07, 6.45) is 0.645. The van der Waals surface area contributed by atoms with E-state index in [1.165, 1.54) is 5.56 Å². The van der Waals surface area contributed by atoms with Crippen LogP contribution in [0.4, 0.5) is 0 Å². The van der Waals surface area contributed by atoms with Gasteiger partial charge in [0, 0.05) is 0 Å². The zero-order chi connectivity index (χ0) is 13.0. The zero-order valence-electron chi connectivity index (χ0n) is 10.3. The number of hydrogen-bond acceptors (Lipinski definition) is 1. The van der Waals surface area contributed by atoms with E-state index in [1.807, 2.05) is 49.4 Å². The summed E-state index contributed by atoms with van der Waals surface area (Å²) in [5, 5.41) is -0.304. The van der Waals surface area contributed by atoms with Crippen molar-refractivity contribution < 1.29 is 4.79 Å². The van der Waals surface area contributed by atoms with Crippen molar-refractivity contribution in [1.82, 2.24) is 0 Å². The third kappa shape index (κ3) is 3.21. The second kappa shape index (κ2) is 5.83. The number of aryl methyl sites for hydroxylation is 1. The Labute approximate surface area is 112 Å². The summed E-state index contributed by atoms with van der Waals surface area (Å²) in [6.45, 7) is 2.05. The van der Waals surface area contributed by atoms with E-state index in [4.69, 9.17) is 11.6 Å². The van der Waals surface area contributed by atoms with Crippen molar-refractivity contribution in [2.45, 2.75) is 19.3 Å². The van der Waals surface area contributed by atoms with Gasteiger partial charge in [0.15, 0.2) is 0 Å². The van der Waals surface area contributed by atoms with Crippen LogP contribution in [0.2, 0.25) is 0 Å². The van der Waals surface area contributed by atoms with Crippen molar-refractivity contribution in [3.63, 3.8) is 0 Å². The summed E-state index contributed by atoms with van der Waals surface area (Å²) < 4.78 is 0. The van der Waals surface area contributed by atoms with E-state index in [0.717, 1.165) is 11.1 Å². The van der Waals surface area contributed by atoms with Gasteiger partial charge in [0.1, 0.15) is 0 Å². The molecule has 0 saturated heterocycles. The van der Waals surface area contributed by atoms with Gasteiger partial charge in [0.2, 0.25) is 5.24 Å². The van der Waals surface area contributed by atoms with Crippen LogP contribution in [-0.2, 0) is 11.2 Å². The Morgan fingerprint density at radius 3 is 2.22 bits per heavy atom. The predicted molar refractivity (Wildman–Crippen MR) is 74.9 cm³/mol. The Bertz CT molecular complexity index is 517. The molecule has 0 aliphatic rings. The Balaban J connectivity index is 2.22. The zero-order valence-corrected chi connectivity index (χ0v) is 11.0. The van der Waals surface area contributed by atoms with Crippen molar-refractivity contribution in [3.05, 3.63) is 71.3 Å². The Hall–Kier alpha value is -1.60. The van der Waals surface area contributed by atoms with E-state index < -0.39 is 0 Å². The van der Waals surface area contributed by atoms with Gasteiger partial charge in [-0.1, -0.05) is 60.2 Å². The Morgan fingerprint density at radius 2 is 1.67 bits per heavy atom. The summed E-state index contributed by atoms with van der Waals surface area (Å²) >= 11 is 5.72. The minimum atomic E-state index is -0.304. The monoisotopic (exact) mass is 258 g/mol. The Kier molecular flexibility index (Phi) is 4.16. The highest BCUT2D eigenvalue weighted by atomic mass is 35.5. The van der Waals surface area contributed by atoms with Gasteiger partial charge >= 0.3 is 0 Å². The summed E-state index contributed by atoms with van der Waals surface area (Å²) in [5.74, 6) is -0.268. The molecule has 0 fully saturated rings. The van der Waals surface area contributed by atoms with E-state index in [2.05, 4.69) is 12.1 Å². The van der Waals surface area contributed by atoms with Gasteiger partial charge in [-0.2, -0.15) is 0 Å². The van der Waals surface area contributed by atoms with Crippen LogP contribution in [0.15, 0.2) is 54.6 Å². The van der Waals surface area contributed by atoms with Gasteiger partial charge in [0.25, 0.3) is 0 Å². The number of rotatable bonds is 4. The second-order valence-electron chi connectivity index (χ2n) is 4.46. The third-order valence-corrected chi connectivity index (χ3v) is 3.30. The Morgan fingerprint density at radius 1 is 1.06 bits per heavy atom. The third-order valence-electron chi connectivity index (χ3n) is 3.04. The summed E-state index contributed by atoms with van der Waals surface area (Å²) in [4.78, 5) is 11.6. The molecule has 2 rings (SSSR count). The maximum absolute atomic E-state index is 11.6. The molecule has 0 radical (unpaired) electrons. The van der Waals surface area contributed by atoms with Gasteiger partial charge in [-0.25, -0.2) is 0 Å². The first-order chi connectivity index (χ1) is 8.66. The minimum absolute atomic E-state index is 0.268. The first kappa shape index (κ1) is 12.8. The van der Waals surface area contributed by atoms with Gasteiger partial charge in [-0.3, -0.25) is 4.79 Å². The molecule has 18 heavy (non-hydrogen) atoms. The SMILES string of the molecule is Cc1ccc(CC(C(=O)Cl)c2ccccc2)cc1. The summed E-state index contributed by atoms with van der Waals surface area (Å²) in [5.41, 5.74) is 3.31. The molecule has 0 aliphatic heterocycles. The standard InChI is InChI=1S/C16H15ClO/c1-12-7-9-13(10-8-12)11-15(16(17)18)14-5-3-2-4-6-14/h2-10,15H,11H2,1H3. The number of hydrogen-bond donors (Lipinski definition) is 0. The number of carbonyl (C=O) groups is 1. The molecule has 0 saturated carbocycles. The quantitative estimate of drug-likeness (QED) is 0.755. The van der Waals surface area contributed by atoms with Crippen LogP contribution in [0.3, 0.4) is 0 Å². The molecular formula is C16H15ClO. The number of halogens is 1. The molecule has 2 aromatic carbocycles. The van der Waals surface area contributed by atoms with Crippen molar-refractivity contribution in [2.75, 3.05) is 0 Å². The number of benzene rings is 2. The van der Waals surface area contributed by atoms with Crippen molar-refractivity contribution in [1.29, 1.82) is 0 Å². The maximum atomic E-state index is 11.6. The highest BCUT2D eigenvalue weighted by Crippen LogP contribution is 2.23. The lowest BCUT2D eigenvalue weighted by molar-refractivity contribution is -0.113. The number of carbonyl (C=O) groups excluding carboxylic acids is 1. The van der Waals surface area contributed by atoms with Crippen LogP contribution in [0.1, 0.15) is 22.6 Å². The highest BCUT2D eigenvalue weighted by molar-refractivity contribution is 6.64. The molecule has 1 atom stereocenters. The average Bonchev–Trinajstić information content (AvgIpc) is 2.38. The summed E-state index contributed by atoms with van der Waals surface area (Å²) in [7, 11) is 0. The smallest absolute Gasteiger partial charge is 0.229 e. The maximum Gasteiger partial charge on any atom is 0.229 e. The van der Waals surface area contributed by atoms with Crippen molar-refractivity contribution in [2.24, 2.45) is 0 Å². The van der Waals surface area contributed by atoms with Gasteiger partial charge in [-0.05, 0) is 36.1 Å². The normalized spacial score (nSPS) is 12.1. The lowest BCUT2D eigenvalue weighted by Gasteiger charge is -2.13. The van der Waals surface area contributed by atoms with Gasteiger partial charge in [0.05, 0.1) is 5.92 Å². The van der Waals surface area contributed by atoms with Crippen molar-refractivity contribution in [3.8, 4) is 0 Å². The van der Waals surface area contributed by atoms with Crippen LogP contribution in [0.25, 0.3) is 0 Å². The molecule has 0 amide bonds. The van der Waals surface area contributed by atoms with E-state index in [9.17, 15) is 4.79 Å². The molecular weight excluding hydrogens is 244 g/mol. The van der Waals surface area contributed by atoms with Crippen LogP contribution < -0.4 is 0 Å². The van der Waals surface area contributed by atoms with Crippen LogP contribution in [0.5, 0.6) is 0 Å². The fourth-order valence-corrected chi connectivity index (χ4v) is 2.18. The molecule has 0 heterocycles. The first-order valence-electron chi connectivity index (χ1n) is 5.96. The van der Waals surface area contributed by atoms with E-state index in [0.29, 0.717) is 6.42 Å². The van der Waals surface area contributed by atoms with Crippen LogP contribution in [-0.4, -0.2) is 5.24 Å². The molecule has 2 aromatic rings. The first-order valence-corrected chi connectivity index (χ1v) is 6.34. The molecule has 0 aromatic heterocycles. The summed E-state index contributed by atoms with van der Waals surface area (Å²) in [6, 6.07) is 17.9. The lowest BCUT2D eigenvalue weighted by Crippen LogP contribution is -2.10. The van der Waals surface area contributed by atoms with Gasteiger partial charge < -0.3 is 0 Å². The highest BCUT2D eigenvalue weighted by Gasteiger charge is 2.18. The van der Waals surface area contributed by atoms with E-state index in [-0.39, 0.29) is 11.2 Å². The lowest BCUT2D eigenvalue weighted by atomic mass is 9.93. The average molecular weight is 259 g/mol. The largest absolute Gasteiger partial charge is 0.281 e. The van der Waals surface area contributed by atoms with E-state index in [1.54, 1.807) is 0 Å². The minimum Gasteiger partial charge on any atom is -0.281 e. The van der Waals surface area contributed by atoms with Gasteiger partial charge in [-0.15, -0.1) is 0 Å². The van der Waals surface area contributed by atoms with Crippen LogP contribution >= 0.6 is 11.6 Å². The predicted octanol–water partition coefficient (Wildman–Crippen LogP) is 4.09. The molecule has 92 valence electrons. The molecule has 0 spiro atoms. The molecule has 1 nitrogen and oxygen atoms in total. The molecule has 2 heteroatoms. The molecule has 1 unspecified atom stereocenters. The molecule has 0 N–H and O–H groups in total. The topological polar surface area (TPSA) is 17.1 Å². The van der Waals surface area contributed by atoms with Crippen molar-refractivity contribution >= 4 is 16.8 Å². The second-order valence-corrected chi connectivity index (χ2v) is 4.83. The molecule has 0 aliphatic carbocycles. The molecule has 0 bridgehead atoms. The van der Waals surface area contributed by atoms with E-state index >= 15 is 0 Å². The van der Waals surface area contributed by atoms with Crippen LogP contribution in [0, 0.1) is 6.92 Å². The fourth-order valence-electron chi connectivity index (χ4n) is 1.97. The fraction of sp³-hybridized carbons (Fsp3) is 0.188.